The SMILES string of the molecule is CCN(CC)Cc1ccc(CNC(=O)c2cnn(-c3ccccc3F)c2C(F)(F)F)cc1. The molecular weight excluding hydrogens is 424 g/mol. The molecule has 170 valence electrons. The molecular formula is C23H24F4N4O. The average molecular weight is 448 g/mol. The molecule has 1 amide bonds. The highest BCUT2D eigenvalue weighted by Gasteiger charge is 2.41. The number of halogens is 4. The van der Waals surface area contributed by atoms with E-state index in [0.29, 0.717) is 4.68 Å². The molecule has 0 atom stereocenters. The Bertz CT molecular complexity index is 1060. The van der Waals surface area contributed by atoms with Gasteiger partial charge >= 0.3 is 6.18 Å². The second kappa shape index (κ2) is 9.95. The summed E-state index contributed by atoms with van der Waals surface area (Å²) in [5, 5.41) is 6.13. The van der Waals surface area contributed by atoms with Crippen LogP contribution in [0, 0.1) is 5.82 Å². The molecule has 2 aromatic carbocycles. The van der Waals surface area contributed by atoms with Crippen LogP contribution < -0.4 is 5.32 Å². The zero-order valence-electron chi connectivity index (χ0n) is 17.8. The van der Waals surface area contributed by atoms with Gasteiger partial charge in [0.15, 0.2) is 5.69 Å². The maximum Gasteiger partial charge on any atom is 0.434 e. The summed E-state index contributed by atoms with van der Waals surface area (Å²) < 4.78 is 55.6. The molecule has 0 saturated heterocycles. The van der Waals surface area contributed by atoms with E-state index in [1.165, 1.54) is 18.2 Å². The highest BCUT2D eigenvalue weighted by molar-refractivity contribution is 5.95. The lowest BCUT2D eigenvalue weighted by Crippen LogP contribution is -2.26. The Balaban J connectivity index is 1.76. The lowest BCUT2D eigenvalue weighted by atomic mass is 10.1. The van der Waals surface area contributed by atoms with Gasteiger partial charge in [-0.05, 0) is 36.3 Å². The van der Waals surface area contributed by atoms with E-state index < -0.39 is 29.2 Å². The van der Waals surface area contributed by atoms with E-state index >= 15 is 0 Å². The van der Waals surface area contributed by atoms with Crippen molar-refractivity contribution in [3.63, 3.8) is 0 Å². The third-order valence-corrected chi connectivity index (χ3v) is 5.14. The van der Waals surface area contributed by atoms with Gasteiger partial charge in [0.2, 0.25) is 0 Å². The van der Waals surface area contributed by atoms with Gasteiger partial charge in [0, 0.05) is 13.1 Å². The Morgan fingerprint density at radius 2 is 1.66 bits per heavy atom. The van der Waals surface area contributed by atoms with Gasteiger partial charge in [-0.2, -0.15) is 18.3 Å². The van der Waals surface area contributed by atoms with Crippen molar-refractivity contribution in [3.8, 4) is 5.69 Å². The van der Waals surface area contributed by atoms with Crippen LogP contribution in [0.1, 0.15) is 41.0 Å². The second-order valence-corrected chi connectivity index (χ2v) is 7.23. The number of amides is 1. The fraction of sp³-hybridized carbons (Fsp3) is 0.304. The number of alkyl halides is 3. The van der Waals surface area contributed by atoms with E-state index in [1.54, 1.807) is 0 Å². The minimum absolute atomic E-state index is 0.0482. The summed E-state index contributed by atoms with van der Waals surface area (Å²) in [6.07, 6.45) is -4.10. The Kier molecular flexibility index (Phi) is 7.29. The maximum atomic E-state index is 14.0. The first kappa shape index (κ1) is 23.5. The number of rotatable bonds is 8. The molecule has 0 bridgehead atoms. The van der Waals surface area contributed by atoms with Crippen molar-refractivity contribution in [1.82, 2.24) is 20.0 Å². The minimum atomic E-state index is -4.91. The zero-order valence-corrected chi connectivity index (χ0v) is 17.8. The Hall–Kier alpha value is -3.20. The van der Waals surface area contributed by atoms with Gasteiger partial charge in [-0.15, -0.1) is 0 Å². The third-order valence-electron chi connectivity index (χ3n) is 5.14. The van der Waals surface area contributed by atoms with Crippen LogP contribution in [0.3, 0.4) is 0 Å². The number of carbonyl (C=O) groups is 1. The molecule has 3 aromatic rings. The van der Waals surface area contributed by atoms with Gasteiger partial charge in [-0.3, -0.25) is 9.69 Å². The summed E-state index contributed by atoms with van der Waals surface area (Å²) in [5.41, 5.74) is -0.526. The number of aromatic nitrogens is 2. The normalized spacial score (nSPS) is 11.7. The molecule has 0 spiro atoms. The molecule has 0 saturated carbocycles. The molecule has 32 heavy (non-hydrogen) atoms. The summed E-state index contributed by atoms with van der Waals surface area (Å²) in [7, 11) is 0. The molecule has 0 unspecified atom stereocenters. The molecule has 5 nitrogen and oxygen atoms in total. The Labute approximate surface area is 183 Å². The lowest BCUT2D eigenvalue weighted by Gasteiger charge is -2.18. The number of para-hydroxylation sites is 1. The van der Waals surface area contributed by atoms with Crippen LogP contribution >= 0.6 is 0 Å². The van der Waals surface area contributed by atoms with Gasteiger partial charge in [-0.1, -0.05) is 50.2 Å². The fourth-order valence-electron chi connectivity index (χ4n) is 3.34. The van der Waals surface area contributed by atoms with Crippen molar-refractivity contribution in [3.05, 3.63) is 82.9 Å². The topological polar surface area (TPSA) is 50.2 Å². The van der Waals surface area contributed by atoms with E-state index in [9.17, 15) is 22.4 Å². The molecule has 0 aliphatic carbocycles. The number of nitrogens with one attached hydrogen (secondary N) is 1. The van der Waals surface area contributed by atoms with Gasteiger partial charge in [0.25, 0.3) is 5.91 Å². The second-order valence-electron chi connectivity index (χ2n) is 7.23. The van der Waals surface area contributed by atoms with Crippen LogP contribution in [0.4, 0.5) is 17.6 Å². The standard InChI is InChI=1S/C23H24F4N4O/c1-3-30(4-2)15-17-11-9-16(10-12-17)13-28-22(32)18-14-29-31(21(18)23(25,26)27)20-8-6-5-7-19(20)24/h5-12,14H,3-4,13,15H2,1-2H3,(H,28,32). The summed E-state index contributed by atoms with van der Waals surface area (Å²) >= 11 is 0. The number of carbonyl (C=O) groups excluding carboxylic acids is 1. The van der Waals surface area contributed by atoms with Gasteiger partial charge < -0.3 is 5.32 Å². The Morgan fingerprint density at radius 1 is 1.03 bits per heavy atom. The first-order valence-corrected chi connectivity index (χ1v) is 10.2. The molecule has 1 N–H and O–H groups in total. The number of nitrogens with zero attached hydrogens (tertiary/aromatic N) is 3. The largest absolute Gasteiger partial charge is 0.434 e. The monoisotopic (exact) mass is 448 g/mol. The number of hydrogen-bond acceptors (Lipinski definition) is 3. The first-order valence-electron chi connectivity index (χ1n) is 10.2. The molecule has 9 heteroatoms. The first-order chi connectivity index (χ1) is 15.2. The van der Waals surface area contributed by atoms with E-state index in [2.05, 4.69) is 29.2 Å². The van der Waals surface area contributed by atoms with Crippen LogP contribution in [-0.4, -0.2) is 33.7 Å². The summed E-state index contributed by atoms with van der Waals surface area (Å²) in [6, 6.07) is 12.5. The van der Waals surface area contributed by atoms with E-state index in [0.717, 1.165) is 43.0 Å². The smallest absolute Gasteiger partial charge is 0.348 e. The molecule has 0 aliphatic rings. The summed E-state index contributed by atoms with van der Waals surface area (Å²) in [4.78, 5) is 14.8. The van der Waals surface area contributed by atoms with Crippen molar-refractivity contribution in [2.75, 3.05) is 13.1 Å². The van der Waals surface area contributed by atoms with Crippen LogP contribution in [-0.2, 0) is 19.3 Å². The average Bonchev–Trinajstić information content (AvgIpc) is 3.22. The van der Waals surface area contributed by atoms with Crippen LogP contribution in [0.25, 0.3) is 5.69 Å². The third kappa shape index (κ3) is 5.34. The van der Waals surface area contributed by atoms with Gasteiger partial charge in [0.1, 0.15) is 11.5 Å². The van der Waals surface area contributed by atoms with Crippen molar-refractivity contribution in [1.29, 1.82) is 0 Å². The van der Waals surface area contributed by atoms with Crippen molar-refractivity contribution in [2.24, 2.45) is 0 Å². The van der Waals surface area contributed by atoms with Crippen molar-refractivity contribution in [2.45, 2.75) is 33.1 Å². The number of benzene rings is 2. The van der Waals surface area contributed by atoms with E-state index in [-0.39, 0.29) is 12.2 Å². The van der Waals surface area contributed by atoms with E-state index in [4.69, 9.17) is 0 Å². The predicted octanol–water partition coefficient (Wildman–Crippen LogP) is 4.80. The summed E-state index contributed by atoms with van der Waals surface area (Å²) in [6.45, 7) is 6.86. The van der Waals surface area contributed by atoms with Crippen LogP contribution in [0.5, 0.6) is 0 Å². The Morgan fingerprint density at radius 3 is 2.25 bits per heavy atom. The molecule has 0 aliphatic heterocycles. The molecule has 1 aromatic heterocycles. The minimum Gasteiger partial charge on any atom is -0.348 e. The quantitative estimate of drug-likeness (QED) is 0.504. The van der Waals surface area contributed by atoms with Crippen molar-refractivity contribution >= 4 is 5.91 Å². The molecule has 3 rings (SSSR count). The predicted molar refractivity (Wildman–Crippen MR) is 113 cm³/mol. The highest BCUT2D eigenvalue weighted by Crippen LogP contribution is 2.34. The summed E-state index contributed by atoms with van der Waals surface area (Å²) in [5.74, 6) is -1.81. The maximum absolute atomic E-state index is 14.0. The van der Waals surface area contributed by atoms with Gasteiger partial charge in [0.05, 0.1) is 11.8 Å². The van der Waals surface area contributed by atoms with Crippen molar-refractivity contribution < 1.29 is 22.4 Å². The zero-order chi connectivity index (χ0) is 23.3. The fourth-order valence-corrected chi connectivity index (χ4v) is 3.34. The lowest BCUT2D eigenvalue weighted by molar-refractivity contribution is -0.143. The van der Waals surface area contributed by atoms with Crippen LogP contribution in [0.2, 0.25) is 0 Å². The molecule has 0 fully saturated rings. The number of hydrogen-bond donors (Lipinski definition) is 1. The van der Waals surface area contributed by atoms with Gasteiger partial charge in [-0.25, -0.2) is 9.07 Å². The van der Waals surface area contributed by atoms with E-state index in [1.807, 2.05) is 24.3 Å². The molecule has 0 radical (unpaired) electrons. The van der Waals surface area contributed by atoms with Crippen LogP contribution in [0.15, 0.2) is 54.7 Å². The highest BCUT2D eigenvalue weighted by atomic mass is 19.4. The molecule has 1 heterocycles.